The number of carbonyl (C=O) groups excluding carboxylic acids is 1. The summed E-state index contributed by atoms with van der Waals surface area (Å²) in [5.74, 6) is 1.54. The molecule has 1 amide bonds. The highest BCUT2D eigenvalue weighted by Gasteiger charge is 2.25. The van der Waals surface area contributed by atoms with Gasteiger partial charge in [0.05, 0.1) is 6.10 Å². The summed E-state index contributed by atoms with van der Waals surface area (Å²) in [6.45, 7) is -0.446. The van der Waals surface area contributed by atoms with Crippen LogP contribution >= 0.6 is 0 Å². The summed E-state index contributed by atoms with van der Waals surface area (Å²) in [4.78, 5) is 11.3. The number of aliphatic hydroxyl groups is 1. The number of ether oxygens (including phenoxy) is 2. The maximum Gasteiger partial charge on any atom is 0.245 e. The number of fused-ring (bicyclic) bond motifs is 1. The van der Waals surface area contributed by atoms with Crippen molar-refractivity contribution in [3.8, 4) is 11.5 Å². The van der Waals surface area contributed by atoms with E-state index in [4.69, 9.17) is 14.6 Å². The monoisotopic (exact) mass is 381 g/mol. The fourth-order valence-electron chi connectivity index (χ4n) is 4.13. The van der Waals surface area contributed by atoms with Crippen molar-refractivity contribution in [2.24, 2.45) is 0 Å². The second-order valence-corrected chi connectivity index (χ2v) is 7.64. The summed E-state index contributed by atoms with van der Waals surface area (Å²) in [5.41, 5.74) is 2.42. The predicted octanol–water partition coefficient (Wildman–Crippen LogP) is 3.55. The summed E-state index contributed by atoms with van der Waals surface area (Å²) in [6.07, 6.45) is 5.79. The fraction of sp³-hybridized carbons (Fsp3) is 0.435. The highest BCUT2D eigenvalue weighted by atomic mass is 16.5. The second-order valence-electron chi connectivity index (χ2n) is 7.64. The minimum atomic E-state index is -0.446. The maximum atomic E-state index is 11.3. The molecule has 1 aliphatic heterocycles. The van der Waals surface area contributed by atoms with Crippen LogP contribution in [0.25, 0.3) is 0 Å². The SMILES string of the molecule is O=C(CO)NC1CCC(Oc2ccc3c(c2)CCC(c2ccccc2)O3)CC1. The van der Waals surface area contributed by atoms with Crippen molar-refractivity contribution in [1.82, 2.24) is 5.32 Å². The summed E-state index contributed by atoms with van der Waals surface area (Å²) in [6, 6.07) is 16.6. The summed E-state index contributed by atoms with van der Waals surface area (Å²) in [5, 5.41) is 11.7. The molecule has 2 aromatic rings. The molecular formula is C23H27NO4. The molecular weight excluding hydrogens is 354 g/mol. The molecule has 1 aliphatic carbocycles. The zero-order valence-corrected chi connectivity index (χ0v) is 16.0. The van der Waals surface area contributed by atoms with Gasteiger partial charge in [0.1, 0.15) is 24.2 Å². The molecule has 5 nitrogen and oxygen atoms in total. The van der Waals surface area contributed by atoms with Gasteiger partial charge in [-0.1, -0.05) is 30.3 Å². The first kappa shape index (κ1) is 18.8. The Morgan fingerprint density at radius 2 is 1.86 bits per heavy atom. The van der Waals surface area contributed by atoms with Gasteiger partial charge in [-0.15, -0.1) is 0 Å². The molecule has 2 N–H and O–H groups in total. The van der Waals surface area contributed by atoms with Crippen molar-refractivity contribution < 1.29 is 19.4 Å². The Hall–Kier alpha value is -2.53. The normalized spacial score (nSPS) is 24.0. The molecule has 4 rings (SSSR count). The summed E-state index contributed by atoms with van der Waals surface area (Å²) < 4.78 is 12.4. The maximum absolute atomic E-state index is 11.3. The molecule has 1 heterocycles. The molecule has 1 unspecified atom stereocenters. The first-order valence-electron chi connectivity index (χ1n) is 10.1. The molecule has 28 heavy (non-hydrogen) atoms. The Morgan fingerprint density at radius 1 is 1.07 bits per heavy atom. The Morgan fingerprint density at radius 3 is 2.61 bits per heavy atom. The summed E-state index contributed by atoms with van der Waals surface area (Å²) in [7, 11) is 0. The number of carbonyl (C=O) groups is 1. The average molecular weight is 381 g/mol. The zero-order chi connectivity index (χ0) is 19.3. The Kier molecular flexibility index (Phi) is 5.81. The van der Waals surface area contributed by atoms with Crippen molar-refractivity contribution in [3.63, 3.8) is 0 Å². The Labute approximate surface area is 165 Å². The summed E-state index contributed by atoms with van der Waals surface area (Å²) >= 11 is 0. The lowest BCUT2D eigenvalue weighted by Gasteiger charge is -2.30. The number of hydrogen-bond donors (Lipinski definition) is 2. The van der Waals surface area contributed by atoms with E-state index in [1.807, 2.05) is 18.2 Å². The van der Waals surface area contributed by atoms with E-state index in [0.29, 0.717) is 0 Å². The van der Waals surface area contributed by atoms with E-state index >= 15 is 0 Å². The third-order valence-electron chi connectivity index (χ3n) is 5.63. The van der Waals surface area contributed by atoms with Crippen molar-refractivity contribution >= 4 is 5.91 Å². The lowest BCUT2D eigenvalue weighted by molar-refractivity contribution is -0.124. The van der Waals surface area contributed by atoms with Crippen molar-refractivity contribution in [2.75, 3.05) is 6.61 Å². The Balaban J connectivity index is 1.33. The van der Waals surface area contributed by atoms with Crippen LogP contribution in [-0.4, -0.2) is 29.8 Å². The standard InChI is InChI=1S/C23H27NO4/c25-15-23(26)24-18-7-9-19(10-8-18)27-20-11-13-22-17(14-20)6-12-21(28-22)16-4-2-1-3-5-16/h1-5,11,13-14,18-19,21,25H,6-10,12,15H2,(H,24,26). The van der Waals surface area contributed by atoms with Crippen LogP contribution in [0.3, 0.4) is 0 Å². The molecule has 1 saturated carbocycles. The van der Waals surface area contributed by atoms with Gasteiger partial charge in [0.15, 0.2) is 0 Å². The van der Waals surface area contributed by atoms with Crippen molar-refractivity contribution in [3.05, 3.63) is 59.7 Å². The number of amides is 1. The molecule has 5 heteroatoms. The molecule has 0 radical (unpaired) electrons. The number of nitrogens with one attached hydrogen (secondary N) is 1. The van der Waals surface area contributed by atoms with Gasteiger partial charge in [-0.2, -0.15) is 0 Å². The topological polar surface area (TPSA) is 67.8 Å². The van der Waals surface area contributed by atoms with E-state index < -0.39 is 6.61 Å². The number of aliphatic hydroxyl groups excluding tert-OH is 1. The highest BCUT2D eigenvalue weighted by molar-refractivity contribution is 5.77. The van der Waals surface area contributed by atoms with Gasteiger partial charge in [0, 0.05) is 6.04 Å². The largest absolute Gasteiger partial charge is 0.490 e. The first-order chi connectivity index (χ1) is 13.7. The van der Waals surface area contributed by atoms with Crippen LogP contribution in [0, 0.1) is 0 Å². The Bertz CT molecular complexity index is 800. The second kappa shape index (κ2) is 8.65. The van der Waals surface area contributed by atoms with Crippen molar-refractivity contribution in [2.45, 2.75) is 56.8 Å². The van der Waals surface area contributed by atoms with E-state index in [9.17, 15) is 4.79 Å². The van der Waals surface area contributed by atoms with E-state index in [2.05, 4.69) is 35.6 Å². The van der Waals surface area contributed by atoms with E-state index in [0.717, 1.165) is 50.0 Å². The van der Waals surface area contributed by atoms with Crippen LogP contribution in [0.15, 0.2) is 48.5 Å². The molecule has 148 valence electrons. The molecule has 0 aromatic heterocycles. The lowest BCUT2D eigenvalue weighted by Crippen LogP contribution is -2.40. The third-order valence-corrected chi connectivity index (χ3v) is 5.63. The van der Waals surface area contributed by atoms with Gasteiger partial charge in [-0.05, 0) is 67.9 Å². The van der Waals surface area contributed by atoms with Crippen LogP contribution in [0.5, 0.6) is 11.5 Å². The van der Waals surface area contributed by atoms with E-state index in [-0.39, 0.29) is 24.2 Å². The average Bonchev–Trinajstić information content (AvgIpc) is 2.75. The first-order valence-corrected chi connectivity index (χ1v) is 10.1. The molecule has 1 atom stereocenters. The minimum Gasteiger partial charge on any atom is -0.490 e. The van der Waals surface area contributed by atoms with Gasteiger partial charge in [0.25, 0.3) is 0 Å². The predicted molar refractivity (Wildman–Crippen MR) is 106 cm³/mol. The zero-order valence-electron chi connectivity index (χ0n) is 16.0. The number of benzene rings is 2. The number of aryl methyl sites for hydroxylation is 1. The van der Waals surface area contributed by atoms with E-state index in [1.54, 1.807) is 0 Å². The van der Waals surface area contributed by atoms with Crippen LogP contribution < -0.4 is 14.8 Å². The number of hydrogen-bond acceptors (Lipinski definition) is 4. The van der Waals surface area contributed by atoms with Gasteiger partial charge in [0.2, 0.25) is 5.91 Å². The van der Waals surface area contributed by atoms with Gasteiger partial charge in [-0.3, -0.25) is 4.79 Å². The third kappa shape index (κ3) is 4.47. The smallest absolute Gasteiger partial charge is 0.245 e. The molecule has 1 fully saturated rings. The molecule has 0 bridgehead atoms. The van der Waals surface area contributed by atoms with Gasteiger partial charge < -0.3 is 19.9 Å². The minimum absolute atomic E-state index is 0.116. The van der Waals surface area contributed by atoms with Crippen molar-refractivity contribution in [1.29, 1.82) is 0 Å². The lowest BCUT2D eigenvalue weighted by atomic mass is 9.92. The highest BCUT2D eigenvalue weighted by Crippen LogP contribution is 2.37. The molecule has 2 aliphatic rings. The molecule has 0 spiro atoms. The van der Waals surface area contributed by atoms with E-state index in [1.165, 1.54) is 11.1 Å². The van der Waals surface area contributed by atoms with Crippen LogP contribution in [0.2, 0.25) is 0 Å². The van der Waals surface area contributed by atoms with Crippen LogP contribution in [0.4, 0.5) is 0 Å². The van der Waals surface area contributed by atoms with Crippen LogP contribution in [-0.2, 0) is 11.2 Å². The molecule has 0 saturated heterocycles. The van der Waals surface area contributed by atoms with Crippen LogP contribution in [0.1, 0.15) is 49.3 Å². The fourth-order valence-corrected chi connectivity index (χ4v) is 4.13. The molecule has 2 aromatic carbocycles. The van der Waals surface area contributed by atoms with Gasteiger partial charge in [-0.25, -0.2) is 0 Å². The van der Waals surface area contributed by atoms with Gasteiger partial charge >= 0.3 is 0 Å². The quantitative estimate of drug-likeness (QED) is 0.831. The number of rotatable bonds is 5.